The highest BCUT2D eigenvalue weighted by Crippen LogP contribution is 2.20. The molecule has 0 aliphatic carbocycles. The topological polar surface area (TPSA) is 53.5 Å². The van der Waals surface area contributed by atoms with Crippen LogP contribution in [0.5, 0.6) is 0 Å². The fraction of sp³-hybridized carbons (Fsp3) is 0.474. The van der Waals surface area contributed by atoms with Crippen molar-refractivity contribution in [3.63, 3.8) is 0 Å². The second kappa shape index (κ2) is 9.82. The number of hydrogen-bond donors (Lipinski definition) is 1. The SMILES string of the molecule is COCc1cc(Cl)nc(NCCCN2CCN(c3ccccc3F)CC2)n1. The number of halogens is 2. The van der Waals surface area contributed by atoms with Crippen molar-refractivity contribution < 1.29 is 9.13 Å². The molecule has 1 aliphatic rings. The summed E-state index contributed by atoms with van der Waals surface area (Å²) < 4.78 is 19.0. The highest BCUT2D eigenvalue weighted by Gasteiger charge is 2.18. The van der Waals surface area contributed by atoms with Crippen molar-refractivity contribution >= 4 is 23.2 Å². The number of piperazine rings is 1. The van der Waals surface area contributed by atoms with Gasteiger partial charge in [-0.2, -0.15) is 0 Å². The second-order valence-corrected chi connectivity index (χ2v) is 6.89. The first kappa shape index (κ1) is 19.8. The fourth-order valence-electron chi connectivity index (χ4n) is 3.19. The quantitative estimate of drug-likeness (QED) is 0.549. The Kier molecular flexibility index (Phi) is 7.20. The lowest BCUT2D eigenvalue weighted by Gasteiger charge is -2.36. The summed E-state index contributed by atoms with van der Waals surface area (Å²) in [6, 6.07) is 8.67. The molecule has 1 aromatic carbocycles. The van der Waals surface area contributed by atoms with Crippen LogP contribution in [-0.2, 0) is 11.3 Å². The molecule has 0 unspecified atom stereocenters. The number of anilines is 2. The van der Waals surface area contributed by atoms with Gasteiger partial charge < -0.3 is 15.0 Å². The molecule has 3 rings (SSSR count). The summed E-state index contributed by atoms with van der Waals surface area (Å²) in [6.45, 7) is 5.69. The largest absolute Gasteiger partial charge is 0.378 e. The van der Waals surface area contributed by atoms with Gasteiger partial charge in [-0.3, -0.25) is 4.90 Å². The van der Waals surface area contributed by atoms with E-state index < -0.39 is 0 Å². The molecule has 0 radical (unpaired) electrons. The molecule has 27 heavy (non-hydrogen) atoms. The van der Waals surface area contributed by atoms with Crippen molar-refractivity contribution in [3.8, 4) is 0 Å². The molecule has 1 aromatic heterocycles. The summed E-state index contributed by atoms with van der Waals surface area (Å²) in [5.74, 6) is 0.378. The third kappa shape index (κ3) is 5.76. The van der Waals surface area contributed by atoms with Crippen LogP contribution < -0.4 is 10.2 Å². The molecule has 1 N–H and O–H groups in total. The van der Waals surface area contributed by atoms with E-state index in [1.165, 1.54) is 6.07 Å². The van der Waals surface area contributed by atoms with Gasteiger partial charge in [0.15, 0.2) is 0 Å². The van der Waals surface area contributed by atoms with Crippen LogP contribution in [0.4, 0.5) is 16.0 Å². The molecule has 2 heterocycles. The lowest BCUT2D eigenvalue weighted by atomic mass is 10.2. The maximum Gasteiger partial charge on any atom is 0.224 e. The lowest BCUT2D eigenvalue weighted by Crippen LogP contribution is -2.47. The second-order valence-electron chi connectivity index (χ2n) is 6.50. The first-order valence-electron chi connectivity index (χ1n) is 9.14. The van der Waals surface area contributed by atoms with E-state index in [-0.39, 0.29) is 5.82 Å². The molecule has 1 fully saturated rings. The van der Waals surface area contributed by atoms with Crippen LogP contribution in [0.3, 0.4) is 0 Å². The fourth-order valence-corrected chi connectivity index (χ4v) is 3.39. The Morgan fingerprint density at radius 3 is 2.70 bits per heavy atom. The highest BCUT2D eigenvalue weighted by atomic mass is 35.5. The van der Waals surface area contributed by atoms with Gasteiger partial charge in [-0.1, -0.05) is 23.7 Å². The van der Waals surface area contributed by atoms with Crippen molar-refractivity contribution in [1.82, 2.24) is 14.9 Å². The number of aromatic nitrogens is 2. The zero-order valence-electron chi connectivity index (χ0n) is 15.5. The number of nitrogens with one attached hydrogen (secondary N) is 1. The van der Waals surface area contributed by atoms with Crippen molar-refractivity contribution in [2.45, 2.75) is 13.0 Å². The Morgan fingerprint density at radius 2 is 1.96 bits per heavy atom. The zero-order valence-corrected chi connectivity index (χ0v) is 16.3. The van der Waals surface area contributed by atoms with E-state index in [9.17, 15) is 4.39 Å². The number of benzene rings is 1. The Morgan fingerprint density at radius 1 is 1.19 bits per heavy atom. The van der Waals surface area contributed by atoms with Crippen molar-refractivity contribution in [1.29, 1.82) is 0 Å². The summed E-state index contributed by atoms with van der Waals surface area (Å²) in [6.07, 6.45) is 0.967. The molecule has 0 amide bonds. The van der Waals surface area contributed by atoms with Gasteiger partial charge in [-0.25, -0.2) is 14.4 Å². The summed E-state index contributed by atoms with van der Waals surface area (Å²) in [5.41, 5.74) is 1.45. The summed E-state index contributed by atoms with van der Waals surface area (Å²) in [7, 11) is 1.62. The molecule has 0 saturated carbocycles. The van der Waals surface area contributed by atoms with E-state index in [0.717, 1.165) is 51.4 Å². The van der Waals surface area contributed by atoms with E-state index >= 15 is 0 Å². The van der Waals surface area contributed by atoms with Gasteiger partial charge in [0.2, 0.25) is 5.95 Å². The van der Waals surface area contributed by atoms with Gasteiger partial charge in [0.1, 0.15) is 11.0 Å². The molecule has 1 saturated heterocycles. The third-order valence-electron chi connectivity index (χ3n) is 4.54. The van der Waals surface area contributed by atoms with Gasteiger partial charge in [0, 0.05) is 39.8 Å². The zero-order chi connectivity index (χ0) is 19.1. The van der Waals surface area contributed by atoms with Crippen LogP contribution in [0.1, 0.15) is 12.1 Å². The molecule has 2 aromatic rings. The van der Waals surface area contributed by atoms with Crippen molar-refractivity contribution in [2.75, 3.05) is 56.6 Å². The molecule has 146 valence electrons. The van der Waals surface area contributed by atoms with Gasteiger partial charge >= 0.3 is 0 Å². The Labute approximate surface area is 164 Å². The minimum Gasteiger partial charge on any atom is -0.378 e. The summed E-state index contributed by atoms with van der Waals surface area (Å²) in [4.78, 5) is 13.1. The minimum absolute atomic E-state index is 0.149. The number of rotatable bonds is 8. The first-order chi connectivity index (χ1) is 13.2. The smallest absolute Gasteiger partial charge is 0.224 e. The van der Waals surface area contributed by atoms with Crippen LogP contribution in [-0.4, -0.2) is 61.2 Å². The number of ether oxygens (including phenoxy) is 1. The minimum atomic E-state index is -0.149. The number of nitrogens with zero attached hydrogens (tertiary/aromatic N) is 4. The highest BCUT2D eigenvalue weighted by molar-refractivity contribution is 6.29. The predicted octanol–water partition coefficient (Wildman–Crippen LogP) is 3.04. The van der Waals surface area contributed by atoms with Crippen LogP contribution in [0.15, 0.2) is 30.3 Å². The molecule has 0 spiro atoms. The van der Waals surface area contributed by atoms with Crippen LogP contribution in [0.25, 0.3) is 0 Å². The van der Waals surface area contributed by atoms with Gasteiger partial charge in [0.25, 0.3) is 0 Å². The molecule has 8 heteroatoms. The molecular formula is C19H25ClFN5O. The van der Waals surface area contributed by atoms with Gasteiger partial charge in [-0.15, -0.1) is 0 Å². The van der Waals surface area contributed by atoms with E-state index in [1.54, 1.807) is 19.2 Å². The molecular weight excluding hydrogens is 369 g/mol. The molecule has 0 atom stereocenters. The van der Waals surface area contributed by atoms with E-state index in [4.69, 9.17) is 16.3 Å². The average molecular weight is 394 g/mol. The van der Waals surface area contributed by atoms with Crippen LogP contribution in [0, 0.1) is 5.82 Å². The normalized spacial score (nSPS) is 15.1. The predicted molar refractivity (Wildman–Crippen MR) is 106 cm³/mol. The van der Waals surface area contributed by atoms with E-state index in [0.29, 0.717) is 23.4 Å². The Bertz CT molecular complexity index is 740. The molecule has 6 nitrogen and oxygen atoms in total. The molecule has 0 bridgehead atoms. The average Bonchev–Trinajstić information content (AvgIpc) is 2.66. The Balaban J connectivity index is 1.39. The Hall–Kier alpha value is -1.96. The molecule has 1 aliphatic heterocycles. The number of methoxy groups -OCH3 is 1. The standard InChI is InChI=1S/C19H25ClFN5O/c1-27-14-15-13-18(20)24-19(23-15)22-7-4-8-25-9-11-26(12-10-25)17-6-3-2-5-16(17)21/h2-3,5-6,13H,4,7-12,14H2,1H3,(H,22,23,24). The van der Waals surface area contributed by atoms with Crippen LogP contribution >= 0.6 is 11.6 Å². The third-order valence-corrected chi connectivity index (χ3v) is 4.73. The number of hydrogen-bond acceptors (Lipinski definition) is 6. The lowest BCUT2D eigenvalue weighted by molar-refractivity contribution is 0.181. The maximum absolute atomic E-state index is 13.9. The van der Waals surface area contributed by atoms with Gasteiger partial charge in [0.05, 0.1) is 18.0 Å². The van der Waals surface area contributed by atoms with Crippen molar-refractivity contribution in [3.05, 3.63) is 47.0 Å². The first-order valence-corrected chi connectivity index (χ1v) is 9.51. The summed E-state index contributed by atoms with van der Waals surface area (Å²) >= 11 is 6.01. The maximum atomic E-state index is 13.9. The summed E-state index contributed by atoms with van der Waals surface area (Å²) in [5, 5.41) is 3.62. The monoisotopic (exact) mass is 393 g/mol. The number of para-hydroxylation sites is 1. The van der Waals surface area contributed by atoms with Gasteiger partial charge in [-0.05, 0) is 31.2 Å². The van der Waals surface area contributed by atoms with Crippen molar-refractivity contribution in [2.24, 2.45) is 0 Å². The van der Waals surface area contributed by atoms with E-state index in [2.05, 4.69) is 25.1 Å². The van der Waals surface area contributed by atoms with E-state index in [1.807, 2.05) is 12.1 Å². The van der Waals surface area contributed by atoms with Crippen LogP contribution in [0.2, 0.25) is 5.15 Å².